The van der Waals surface area contributed by atoms with Gasteiger partial charge in [-0.25, -0.2) is 22.7 Å². The molecule has 2 heterocycles. The molecule has 6 nitrogen and oxygen atoms in total. The van der Waals surface area contributed by atoms with Gasteiger partial charge >= 0.3 is 0 Å². The zero-order chi connectivity index (χ0) is 15.0. The molecule has 0 radical (unpaired) electrons. The average Bonchev–Trinajstić information content (AvgIpc) is 2.94. The normalized spacial score (nSPS) is 19.6. The topological polar surface area (TPSA) is 66.4 Å². The van der Waals surface area contributed by atoms with E-state index in [-0.39, 0.29) is 6.04 Å². The van der Waals surface area contributed by atoms with Gasteiger partial charge in [-0.1, -0.05) is 12.1 Å². The molecule has 1 aliphatic rings. The zero-order valence-electron chi connectivity index (χ0n) is 12.1. The van der Waals surface area contributed by atoms with Crippen LogP contribution < -0.4 is 4.90 Å². The van der Waals surface area contributed by atoms with Crippen molar-refractivity contribution in [2.24, 2.45) is 0 Å². The summed E-state index contributed by atoms with van der Waals surface area (Å²) in [5, 5.41) is 1.00. The monoisotopic (exact) mass is 306 g/mol. The van der Waals surface area contributed by atoms with Crippen molar-refractivity contribution >= 4 is 26.7 Å². The van der Waals surface area contributed by atoms with Gasteiger partial charge < -0.3 is 4.90 Å². The highest BCUT2D eigenvalue weighted by Gasteiger charge is 2.31. The molecule has 7 heteroatoms. The van der Waals surface area contributed by atoms with Crippen LogP contribution >= 0.6 is 0 Å². The molecule has 0 amide bonds. The van der Waals surface area contributed by atoms with Crippen molar-refractivity contribution < 1.29 is 8.42 Å². The summed E-state index contributed by atoms with van der Waals surface area (Å²) in [6, 6.07) is 7.86. The number of hydrogen-bond donors (Lipinski definition) is 0. The number of anilines is 1. The van der Waals surface area contributed by atoms with E-state index in [2.05, 4.69) is 14.9 Å². The van der Waals surface area contributed by atoms with Crippen LogP contribution in [-0.4, -0.2) is 55.1 Å². The summed E-state index contributed by atoms with van der Waals surface area (Å²) in [7, 11) is -1.52. The van der Waals surface area contributed by atoms with Gasteiger partial charge in [-0.3, -0.25) is 0 Å². The van der Waals surface area contributed by atoms with Gasteiger partial charge in [-0.05, 0) is 18.6 Å². The van der Waals surface area contributed by atoms with E-state index < -0.39 is 10.0 Å². The van der Waals surface area contributed by atoms with E-state index in [9.17, 15) is 8.42 Å². The van der Waals surface area contributed by atoms with E-state index in [0.29, 0.717) is 6.54 Å². The van der Waals surface area contributed by atoms with Gasteiger partial charge in [0.25, 0.3) is 0 Å². The van der Waals surface area contributed by atoms with Gasteiger partial charge in [0.05, 0.1) is 11.8 Å². The fourth-order valence-corrected chi connectivity index (χ4v) is 3.46. The third-order valence-corrected chi connectivity index (χ3v) is 5.37. The van der Waals surface area contributed by atoms with E-state index in [4.69, 9.17) is 0 Å². The van der Waals surface area contributed by atoms with Crippen molar-refractivity contribution in [1.29, 1.82) is 0 Å². The van der Waals surface area contributed by atoms with Crippen LogP contribution in [0.15, 0.2) is 30.6 Å². The predicted molar refractivity (Wildman–Crippen MR) is 82.8 cm³/mol. The summed E-state index contributed by atoms with van der Waals surface area (Å²) in [5.74, 6) is 0.880. The molecular formula is C14H18N4O2S. The van der Waals surface area contributed by atoms with Crippen LogP contribution in [0.2, 0.25) is 0 Å². The van der Waals surface area contributed by atoms with Crippen LogP contribution in [0.1, 0.15) is 6.42 Å². The summed E-state index contributed by atoms with van der Waals surface area (Å²) >= 11 is 0. The number of likely N-dealkylation sites (N-methyl/N-ethyl adjacent to an activating group) is 1. The minimum Gasteiger partial charge on any atom is -0.354 e. The number of rotatable bonds is 3. The first kappa shape index (κ1) is 14.2. The minimum atomic E-state index is -3.16. The first-order chi connectivity index (χ1) is 9.97. The Balaban J connectivity index is 1.89. The van der Waals surface area contributed by atoms with Crippen molar-refractivity contribution in [3.8, 4) is 0 Å². The molecule has 2 aromatic rings. The molecule has 1 aliphatic heterocycles. The number of aromatic nitrogens is 2. The molecule has 112 valence electrons. The fourth-order valence-electron chi connectivity index (χ4n) is 2.74. The van der Waals surface area contributed by atoms with Crippen LogP contribution in [0.25, 0.3) is 10.9 Å². The van der Waals surface area contributed by atoms with E-state index in [1.807, 2.05) is 24.3 Å². The first-order valence-electron chi connectivity index (χ1n) is 6.84. The summed E-state index contributed by atoms with van der Waals surface area (Å²) in [5.41, 5.74) is 0.905. The summed E-state index contributed by atoms with van der Waals surface area (Å²) in [6.45, 7) is 1.45. The lowest BCUT2D eigenvalue weighted by Crippen LogP contribution is -2.38. The highest BCUT2D eigenvalue weighted by atomic mass is 32.2. The third-order valence-electron chi connectivity index (χ3n) is 4.02. The highest BCUT2D eigenvalue weighted by molar-refractivity contribution is 7.88. The first-order valence-corrected chi connectivity index (χ1v) is 8.69. The maximum absolute atomic E-state index is 11.7. The maximum atomic E-state index is 11.7. The van der Waals surface area contributed by atoms with E-state index in [0.717, 1.165) is 29.7 Å². The molecule has 0 bridgehead atoms. The van der Waals surface area contributed by atoms with E-state index in [1.54, 1.807) is 13.4 Å². The maximum Gasteiger partial charge on any atom is 0.211 e. The van der Waals surface area contributed by atoms with Crippen LogP contribution in [-0.2, 0) is 10.0 Å². The van der Waals surface area contributed by atoms with Gasteiger partial charge in [-0.2, -0.15) is 0 Å². The number of nitrogens with zero attached hydrogens (tertiary/aromatic N) is 4. The number of benzene rings is 1. The van der Waals surface area contributed by atoms with Crippen LogP contribution in [0.5, 0.6) is 0 Å². The lowest BCUT2D eigenvalue weighted by Gasteiger charge is -2.23. The minimum absolute atomic E-state index is 0.00581. The Kier molecular flexibility index (Phi) is 3.54. The summed E-state index contributed by atoms with van der Waals surface area (Å²) < 4.78 is 24.8. The molecule has 1 saturated heterocycles. The van der Waals surface area contributed by atoms with Gasteiger partial charge in [0, 0.05) is 31.6 Å². The molecular weight excluding hydrogens is 288 g/mol. The Labute approximate surface area is 124 Å². The predicted octanol–water partition coefficient (Wildman–Crippen LogP) is 1.10. The number of sulfonamides is 1. The van der Waals surface area contributed by atoms with Crippen molar-refractivity contribution in [1.82, 2.24) is 14.3 Å². The SMILES string of the molecule is CN(C1CCN(c2ncnc3ccccc23)C1)S(C)(=O)=O. The largest absolute Gasteiger partial charge is 0.354 e. The zero-order valence-corrected chi connectivity index (χ0v) is 12.9. The summed E-state index contributed by atoms with van der Waals surface area (Å²) in [4.78, 5) is 10.8. The molecule has 1 atom stereocenters. The Morgan fingerprint density at radius 2 is 2.05 bits per heavy atom. The van der Waals surface area contributed by atoms with Crippen molar-refractivity contribution in [3.63, 3.8) is 0 Å². The second-order valence-corrected chi connectivity index (χ2v) is 7.42. The molecule has 1 aromatic heterocycles. The second-order valence-electron chi connectivity index (χ2n) is 5.38. The molecule has 1 fully saturated rings. The molecule has 21 heavy (non-hydrogen) atoms. The van der Waals surface area contributed by atoms with Crippen LogP contribution in [0.4, 0.5) is 5.82 Å². The number of hydrogen-bond acceptors (Lipinski definition) is 5. The van der Waals surface area contributed by atoms with E-state index >= 15 is 0 Å². The molecule has 0 N–H and O–H groups in total. The average molecular weight is 306 g/mol. The Morgan fingerprint density at radius 1 is 1.29 bits per heavy atom. The lowest BCUT2D eigenvalue weighted by atomic mass is 10.2. The van der Waals surface area contributed by atoms with Gasteiger partial charge in [0.1, 0.15) is 12.1 Å². The fraction of sp³-hybridized carbons (Fsp3) is 0.429. The molecule has 0 spiro atoms. The van der Waals surface area contributed by atoms with Gasteiger partial charge in [0.2, 0.25) is 10.0 Å². The van der Waals surface area contributed by atoms with Crippen LogP contribution in [0.3, 0.4) is 0 Å². The quantitative estimate of drug-likeness (QED) is 0.849. The molecule has 1 unspecified atom stereocenters. The Morgan fingerprint density at radius 3 is 2.81 bits per heavy atom. The van der Waals surface area contributed by atoms with Crippen molar-refractivity contribution in [2.45, 2.75) is 12.5 Å². The second kappa shape index (κ2) is 5.23. The smallest absolute Gasteiger partial charge is 0.211 e. The Bertz CT molecular complexity index is 757. The van der Waals surface area contributed by atoms with Crippen molar-refractivity contribution in [2.75, 3.05) is 31.3 Å². The molecule has 3 rings (SSSR count). The van der Waals surface area contributed by atoms with Gasteiger partial charge in [-0.15, -0.1) is 0 Å². The Hall–Kier alpha value is -1.73. The standard InChI is InChI=1S/C14H18N4O2S/c1-17(21(2,19)20)11-7-8-18(9-11)14-12-5-3-4-6-13(12)15-10-16-14/h3-6,10-11H,7-9H2,1-2H3. The molecule has 1 aromatic carbocycles. The molecule has 0 aliphatic carbocycles. The summed E-state index contributed by atoms with van der Waals surface area (Å²) in [6.07, 6.45) is 3.61. The number of fused-ring (bicyclic) bond motifs is 1. The van der Waals surface area contributed by atoms with Crippen molar-refractivity contribution in [3.05, 3.63) is 30.6 Å². The molecule has 0 saturated carbocycles. The highest BCUT2D eigenvalue weighted by Crippen LogP contribution is 2.27. The number of para-hydroxylation sites is 1. The van der Waals surface area contributed by atoms with Crippen LogP contribution in [0, 0.1) is 0 Å². The lowest BCUT2D eigenvalue weighted by molar-refractivity contribution is 0.393. The van der Waals surface area contributed by atoms with E-state index in [1.165, 1.54) is 10.6 Å². The van der Waals surface area contributed by atoms with Gasteiger partial charge in [0.15, 0.2) is 0 Å². The third kappa shape index (κ3) is 2.71.